The minimum Gasteiger partial charge on any atom is -0.346 e. The second kappa shape index (κ2) is 5.63. The zero-order chi connectivity index (χ0) is 16.7. The van der Waals surface area contributed by atoms with Crippen LogP contribution in [0, 0.1) is 0 Å². The van der Waals surface area contributed by atoms with Crippen molar-refractivity contribution in [1.29, 1.82) is 0 Å². The summed E-state index contributed by atoms with van der Waals surface area (Å²) in [7, 11) is -3.08. The fraction of sp³-hybridized carbons (Fsp3) is 0.500. The molecular formula is C16H20N2O4S. The molecule has 0 saturated carbocycles. The maximum atomic E-state index is 12.5. The fourth-order valence-corrected chi connectivity index (χ4v) is 5.28. The Kier molecular flexibility index (Phi) is 3.91. The molecule has 6 nitrogen and oxygen atoms in total. The number of carbonyl (C=O) groups excluding carboxylic acids is 2. The number of nitrogens with zero attached hydrogens (tertiary/aromatic N) is 1. The first kappa shape index (κ1) is 16.0. The van der Waals surface area contributed by atoms with Crippen LogP contribution in [0.15, 0.2) is 24.3 Å². The van der Waals surface area contributed by atoms with Crippen LogP contribution in [-0.2, 0) is 14.6 Å². The Morgan fingerprint density at radius 2 is 2.13 bits per heavy atom. The second-order valence-corrected chi connectivity index (χ2v) is 8.74. The predicted molar refractivity (Wildman–Crippen MR) is 87.2 cm³/mol. The van der Waals surface area contributed by atoms with Crippen molar-refractivity contribution in [2.24, 2.45) is 0 Å². The van der Waals surface area contributed by atoms with E-state index >= 15 is 0 Å². The highest BCUT2D eigenvalue weighted by atomic mass is 32.2. The number of benzene rings is 1. The minimum atomic E-state index is -3.08. The molecule has 3 rings (SSSR count). The van der Waals surface area contributed by atoms with Gasteiger partial charge in [-0.3, -0.25) is 9.59 Å². The molecule has 0 bridgehead atoms. The number of hydrogen-bond donors (Lipinski definition) is 1. The number of hydrogen-bond acceptors (Lipinski definition) is 4. The van der Waals surface area contributed by atoms with Crippen LogP contribution in [0.1, 0.15) is 36.5 Å². The van der Waals surface area contributed by atoms with Crippen LogP contribution >= 0.6 is 0 Å². The Bertz CT molecular complexity index is 759. The third-order valence-electron chi connectivity index (χ3n) is 4.41. The van der Waals surface area contributed by atoms with Gasteiger partial charge in [0.25, 0.3) is 5.91 Å². The number of anilines is 1. The lowest BCUT2D eigenvalue weighted by molar-refractivity contribution is -0.117. The molecule has 2 heterocycles. The van der Waals surface area contributed by atoms with Crippen LogP contribution in [0.2, 0.25) is 0 Å². The van der Waals surface area contributed by atoms with Crippen LogP contribution in [0.4, 0.5) is 5.69 Å². The van der Waals surface area contributed by atoms with Gasteiger partial charge in [0.1, 0.15) is 0 Å². The Morgan fingerprint density at radius 1 is 1.35 bits per heavy atom. The Balaban J connectivity index is 1.77. The largest absolute Gasteiger partial charge is 0.346 e. The molecule has 0 radical (unpaired) electrons. The van der Waals surface area contributed by atoms with Gasteiger partial charge in [0.2, 0.25) is 5.91 Å². The van der Waals surface area contributed by atoms with Crippen molar-refractivity contribution in [1.82, 2.24) is 5.32 Å². The average molecular weight is 336 g/mol. The van der Waals surface area contributed by atoms with Crippen LogP contribution in [0.25, 0.3) is 0 Å². The third-order valence-corrected chi connectivity index (χ3v) is 6.32. The number of amides is 2. The SMILES string of the molecule is C[C@@]1(NC(=O)c2cccc(N3CCCC3=O)c2)CCS(=O)(=O)C1. The van der Waals surface area contributed by atoms with E-state index in [2.05, 4.69) is 5.32 Å². The Hall–Kier alpha value is -1.89. The molecule has 124 valence electrons. The van der Waals surface area contributed by atoms with E-state index in [1.807, 2.05) is 6.07 Å². The van der Waals surface area contributed by atoms with Gasteiger partial charge in [-0.25, -0.2) is 8.42 Å². The number of rotatable bonds is 3. The Labute approximate surface area is 135 Å². The Morgan fingerprint density at radius 3 is 2.74 bits per heavy atom. The van der Waals surface area contributed by atoms with Gasteiger partial charge in [0.05, 0.1) is 17.0 Å². The quantitative estimate of drug-likeness (QED) is 0.896. The molecule has 0 aliphatic carbocycles. The molecule has 7 heteroatoms. The van der Waals surface area contributed by atoms with Gasteiger partial charge in [-0.05, 0) is 38.0 Å². The van der Waals surface area contributed by atoms with Crippen LogP contribution in [0.3, 0.4) is 0 Å². The molecule has 1 aromatic rings. The van der Waals surface area contributed by atoms with Gasteiger partial charge in [0, 0.05) is 24.2 Å². The molecule has 1 atom stereocenters. The molecular weight excluding hydrogens is 316 g/mol. The molecule has 0 aromatic heterocycles. The summed E-state index contributed by atoms with van der Waals surface area (Å²) in [6, 6.07) is 6.91. The highest BCUT2D eigenvalue weighted by Gasteiger charge is 2.39. The molecule has 1 N–H and O–H groups in total. The van der Waals surface area contributed by atoms with E-state index in [0.717, 1.165) is 6.42 Å². The summed E-state index contributed by atoms with van der Waals surface area (Å²) in [5.74, 6) is -0.170. The van der Waals surface area contributed by atoms with E-state index in [1.165, 1.54) is 0 Å². The van der Waals surface area contributed by atoms with Gasteiger partial charge in [-0.15, -0.1) is 0 Å². The van der Waals surface area contributed by atoms with Gasteiger partial charge < -0.3 is 10.2 Å². The molecule has 1 aromatic carbocycles. The zero-order valence-electron chi connectivity index (χ0n) is 13.0. The van der Waals surface area contributed by atoms with E-state index in [4.69, 9.17) is 0 Å². The lowest BCUT2D eigenvalue weighted by Crippen LogP contribution is -2.46. The molecule has 0 spiro atoms. The van der Waals surface area contributed by atoms with Crippen molar-refractivity contribution in [2.75, 3.05) is 23.0 Å². The van der Waals surface area contributed by atoms with E-state index in [9.17, 15) is 18.0 Å². The van der Waals surface area contributed by atoms with Crippen LogP contribution < -0.4 is 10.2 Å². The van der Waals surface area contributed by atoms with Gasteiger partial charge in [-0.2, -0.15) is 0 Å². The van der Waals surface area contributed by atoms with Gasteiger partial charge in [-0.1, -0.05) is 6.07 Å². The average Bonchev–Trinajstić information content (AvgIpc) is 3.02. The van der Waals surface area contributed by atoms with Crippen LogP contribution in [0.5, 0.6) is 0 Å². The predicted octanol–water partition coefficient (Wildman–Crippen LogP) is 1.12. The van der Waals surface area contributed by atoms with Crippen molar-refractivity contribution >= 4 is 27.3 Å². The second-order valence-electron chi connectivity index (χ2n) is 6.56. The highest BCUT2D eigenvalue weighted by Crippen LogP contribution is 2.25. The molecule has 2 aliphatic rings. The van der Waals surface area contributed by atoms with Crippen molar-refractivity contribution in [3.63, 3.8) is 0 Å². The van der Waals surface area contributed by atoms with Crippen molar-refractivity contribution in [3.05, 3.63) is 29.8 Å². The number of carbonyl (C=O) groups is 2. The minimum absolute atomic E-state index is 0.0317. The topological polar surface area (TPSA) is 83.6 Å². The standard InChI is InChI=1S/C16H20N2O4S/c1-16(7-9-23(21,22)11-16)17-15(20)12-4-2-5-13(10-12)18-8-3-6-14(18)19/h2,4-5,10H,3,6-9,11H2,1H3,(H,17,20)/t16-/m1/s1. The summed E-state index contributed by atoms with van der Waals surface area (Å²) >= 11 is 0. The van der Waals surface area contributed by atoms with Crippen LogP contribution in [-0.4, -0.2) is 43.8 Å². The fourth-order valence-electron chi connectivity index (χ4n) is 3.19. The third kappa shape index (κ3) is 3.39. The maximum Gasteiger partial charge on any atom is 0.251 e. The number of sulfone groups is 1. The summed E-state index contributed by atoms with van der Waals surface area (Å²) in [5, 5.41) is 2.83. The molecule has 2 amide bonds. The lowest BCUT2D eigenvalue weighted by Gasteiger charge is -2.24. The van der Waals surface area contributed by atoms with Crippen molar-refractivity contribution in [3.8, 4) is 0 Å². The van der Waals surface area contributed by atoms with Gasteiger partial charge >= 0.3 is 0 Å². The summed E-state index contributed by atoms with van der Waals surface area (Å²) in [4.78, 5) is 26.0. The first-order valence-corrected chi connectivity index (χ1v) is 9.54. The molecule has 2 fully saturated rings. The van der Waals surface area contributed by atoms with E-state index in [-0.39, 0.29) is 23.3 Å². The van der Waals surface area contributed by atoms with E-state index < -0.39 is 15.4 Å². The van der Waals surface area contributed by atoms with Crippen molar-refractivity contribution < 1.29 is 18.0 Å². The normalized spacial score (nSPS) is 26.5. The summed E-state index contributed by atoms with van der Waals surface area (Å²) in [6.07, 6.45) is 1.78. The molecule has 0 unspecified atom stereocenters. The smallest absolute Gasteiger partial charge is 0.251 e. The summed E-state index contributed by atoms with van der Waals surface area (Å²) < 4.78 is 23.3. The summed E-state index contributed by atoms with van der Waals surface area (Å²) in [5.41, 5.74) is 0.423. The van der Waals surface area contributed by atoms with E-state index in [1.54, 1.807) is 30.0 Å². The lowest BCUT2D eigenvalue weighted by atomic mass is 10.0. The zero-order valence-corrected chi connectivity index (χ0v) is 13.9. The first-order chi connectivity index (χ1) is 10.8. The molecule has 2 aliphatic heterocycles. The summed E-state index contributed by atoms with van der Waals surface area (Å²) in [6.45, 7) is 2.42. The molecule has 23 heavy (non-hydrogen) atoms. The van der Waals surface area contributed by atoms with Crippen molar-refractivity contribution in [2.45, 2.75) is 31.7 Å². The maximum absolute atomic E-state index is 12.5. The number of nitrogens with one attached hydrogen (secondary N) is 1. The van der Waals surface area contributed by atoms with E-state index in [0.29, 0.717) is 30.6 Å². The first-order valence-electron chi connectivity index (χ1n) is 7.71. The van der Waals surface area contributed by atoms with Gasteiger partial charge in [0.15, 0.2) is 9.84 Å². The highest BCUT2D eigenvalue weighted by molar-refractivity contribution is 7.91. The monoisotopic (exact) mass is 336 g/mol. The molecule has 2 saturated heterocycles.